The van der Waals surface area contributed by atoms with E-state index in [0.717, 1.165) is 79.9 Å². The van der Waals surface area contributed by atoms with E-state index in [-0.39, 0.29) is 0 Å². The Hall–Kier alpha value is -3.81. The second-order valence-corrected chi connectivity index (χ2v) is 10.6. The monoisotopic (exact) mass is 513 g/mol. The van der Waals surface area contributed by atoms with Crippen LogP contribution in [0.4, 0.5) is 5.69 Å². The van der Waals surface area contributed by atoms with Crippen LogP contribution in [-0.4, -0.2) is 65.7 Å². The van der Waals surface area contributed by atoms with Crippen molar-refractivity contribution in [3.63, 3.8) is 0 Å². The number of H-pyrrole nitrogens is 1. The SMILES string of the molecule is COc1ccc(OCC2CCCN(C(=O)CC3CCN(c4cc[nH]c5cnc6nccc6c45)CC3)C2)cc1. The molecule has 0 spiro atoms. The number of hydrogen-bond acceptors (Lipinski definition) is 6. The van der Waals surface area contributed by atoms with Crippen LogP contribution >= 0.6 is 0 Å². The number of carbonyl (C=O) groups is 1. The molecular weight excluding hydrogens is 478 g/mol. The molecule has 8 nitrogen and oxygen atoms in total. The van der Waals surface area contributed by atoms with Crippen molar-refractivity contribution in [2.24, 2.45) is 11.8 Å². The number of methoxy groups -OCH3 is 1. The number of rotatable bonds is 7. The van der Waals surface area contributed by atoms with Gasteiger partial charge >= 0.3 is 0 Å². The molecule has 3 aromatic heterocycles. The molecule has 0 radical (unpaired) electrons. The summed E-state index contributed by atoms with van der Waals surface area (Å²) in [7, 11) is 1.66. The summed E-state index contributed by atoms with van der Waals surface area (Å²) in [6.45, 7) is 4.19. The second-order valence-electron chi connectivity index (χ2n) is 10.6. The molecule has 0 saturated carbocycles. The highest BCUT2D eigenvalue weighted by Crippen LogP contribution is 2.34. The van der Waals surface area contributed by atoms with Crippen LogP contribution < -0.4 is 14.4 Å². The first-order valence-corrected chi connectivity index (χ1v) is 13.7. The van der Waals surface area contributed by atoms with Crippen LogP contribution in [-0.2, 0) is 4.79 Å². The number of likely N-dealkylation sites (tertiary alicyclic amines) is 1. The van der Waals surface area contributed by atoms with Gasteiger partial charge in [-0.15, -0.1) is 0 Å². The minimum Gasteiger partial charge on any atom is -0.497 e. The average molecular weight is 514 g/mol. The Balaban J connectivity index is 1.02. The molecule has 2 aliphatic heterocycles. The highest BCUT2D eigenvalue weighted by molar-refractivity contribution is 6.09. The molecule has 1 N–H and O–H groups in total. The zero-order chi connectivity index (χ0) is 25.9. The number of ether oxygens (including phenoxy) is 2. The van der Waals surface area contributed by atoms with Gasteiger partial charge in [0.2, 0.25) is 5.91 Å². The van der Waals surface area contributed by atoms with Crippen molar-refractivity contribution >= 4 is 33.5 Å². The van der Waals surface area contributed by atoms with Gasteiger partial charge in [-0.25, -0.2) is 9.97 Å². The number of piperidine rings is 2. The maximum absolute atomic E-state index is 13.2. The first-order valence-electron chi connectivity index (χ1n) is 13.7. The van der Waals surface area contributed by atoms with Crippen LogP contribution in [0.3, 0.4) is 0 Å². The van der Waals surface area contributed by atoms with E-state index in [0.29, 0.717) is 30.8 Å². The summed E-state index contributed by atoms with van der Waals surface area (Å²) in [6, 6.07) is 11.9. The molecule has 6 rings (SSSR count). The molecule has 2 fully saturated rings. The molecule has 1 aromatic carbocycles. The van der Waals surface area contributed by atoms with Gasteiger partial charge < -0.3 is 24.3 Å². The van der Waals surface area contributed by atoms with E-state index >= 15 is 0 Å². The van der Waals surface area contributed by atoms with Crippen molar-refractivity contribution in [3.05, 3.63) is 55.0 Å². The minimum atomic E-state index is 0.299. The lowest BCUT2D eigenvalue weighted by molar-refractivity contribution is -0.134. The fourth-order valence-corrected chi connectivity index (χ4v) is 5.97. The van der Waals surface area contributed by atoms with E-state index in [4.69, 9.17) is 9.47 Å². The summed E-state index contributed by atoms with van der Waals surface area (Å²) in [6.07, 6.45) is 10.5. The topological polar surface area (TPSA) is 83.6 Å². The first-order chi connectivity index (χ1) is 18.7. The Morgan fingerprint density at radius 1 is 1.00 bits per heavy atom. The molecule has 1 atom stereocenters. The van der Waals surface area contributed by atoms with Gasteiger partial charge in [0, 0.05) is 67.4 Å². The van der Waals surface area contributed by atoms with Crippen molar-refractivity contribution < 1.29 is 14.3 Å². The maximum Gasteiger partial charge on any atom is 0.222 e. The van der Waals surface area contributed by atoms with Crippen LogP contribution in [0.1, 0.15) is 32.1 Å². The Kier molecular flexibility index (Phi) is 7.03. The molecule has 1 unspecified atom stereocenters. The van der Waals surface area contributed by atoms with E-state index in [1.165, 1.54) is 11.1 Å². The third-order valence-electron chi connectivity index (χ3n) is 8.11. The number of nitrogens with one attached hydrogen (secondary N) is 1. The molecule has 0 aliphatic carbocycles. The summed E-state index contributed by atoms with van der Waals surface area (Å²) in [5, 5.41) is 2.27. The van der Waals surface area contributed by atoms with E-state index in [1.807, 2.05) is 48.9 Å². The van der Waals surface area contributed by atoms with Gasteiger partial charge in [0.05, 0.1) is 25.4 Å². The molecule has 1 amide bonds. The fourth-order valence-electron chi connectivity index (χ4n) is 5.97. The van der Waals surface area contributed by atoms with Gasteiger partial charge in [-0.3, -0.25) is 4.79 Å². The van der Waals surface area contributed by atoms with Gasteiger partial charge in [0.15, 0.2) is 5.65 Å². The third-order valence-corrected chi connectivity index (χ3v) is 8.11. The zero-order valence-electron chi connectivity index (χ0n) is 21.9. The smallest absolute Gasteiger partial charge is 0.222 e. The Morgan fingerprint density at radius 2 is 1.82 bits per heavy atom. The first kappa shape index (κ1) is 24.5. The number of nitrogens with zero attached hydrogens (tertiary/aromatic N) is 4. The number of hydrogen-bond donors (Lipinski definition) is 1. The number of aromatic nitrogens is 3. The molecule has 2 aliphatic rings. The number of carbonyl (C=O) groups excluding carboxylic acids is 1. The molecule has 5 heterocycles. The van der Waals surface area contributed by atoms with E-state index in [2.05, 4.69) is 30.8 Å². The van der Waals surface area contributed by atoms with Gasteiger partial charge in [0.1, 0.15) is 11.5 Å². The number of benzene rings is 1. The maximum atomic E-state index is 13.2. The fraction of sp³-hybridized carbons (Fsp3) is 0.433. The van der Waals surface area contributed by atoms with Gasteiger partial charge in [-0.1, -0.05) is 0 Å². The number of aromatic amines is 1. The molecule has 0 bridgehead atoms. The molecular formula is C30H35N5O3. The lowest BCUT2D eigenvalue weighted by Gasteiger charge is -2.36. The Labute approximate surface area is 223 Å². The van der Waals surface area contributed by atoms with Crippen LogP contribution in [0.15, 0.2) is 55.0 Å². The van der Waals surface area contributed by atoms with Crippen LogP contribution in [0.2, 0.25) is 0 Å². The predicted molar refractivity (Wildman–Crippen MR) is 149 cm³/mol. The highest BCUT2D eigenvalue weighted by Gasteiger charge is 2.28. The normalized spacial score (nSPS) is 18.7. The van der Waals surface area contributed by atoms with Crippen molar-refractivity contribution in [2.45, 2.75) is 32.1 Å². The zero-order valence-corrected chi connectivity index (χ0v) is 21.9. The summed E-state index contributed by atoms with van der Waals surface area (Å²) < 4.78 is 11.2. The molecule has 8 heteroatoms. The average Bonchev–Trinajstić information content (AvgIpc) is 3.46. The van der Waals surface area contributed by atoms with Gasteiger partial charge in [0.25, 0.3) is 0 Å². The van der Waals surface area contributed by atoms with E-state index in [9.17, 15) is 4.79 Å². The Bertz CT molecular complexity index is 1390. The van der Waals surface area contributed by atoms with Crippen molar-refractivity contribution in [1.82, 2.24) is 19.9 Å². The summed E-state index contributed by atoms with van der Waals surface area (Å²) in [5.41, 5.74) is 3.03. The summed E-state index contributed by atoms with van der Waals surface area (Å²) in [4.78, 5) is 30.0. The number of amides is 1. The van der Waals surface area contributed by atoms with Crippen LogP contribution in [0.25, 0.3) is 21.9 Å². The summed E-state index contributed by atoms with van der Waals surface area (Å²) in [5.74, 6) is 2.77. The molecule has 4 aromatic rings. The third kappa shape index (κ3) is 5.12. The van der Waals surface area contributed by atoms with E-state index < -0.39 is 0 Å². The Morgan fingerprint density at radius 3 is 2.63 bits per heavy atom. The standard InChI is InChI=1S/C30H35N5O3/c1-37-23-4-6-24(7-5-23)38-20-22-3-2-14-35(19-22)28(36)17-21-10-15-34(16-11-21)27-9-13-31-26-18-33-30-25(29(26)27)8-12-32-30/h4-9,12-13,18,21-22,31H,2-3,10-11,14-17,19-20H2,1H3. The number of anilines is 1. The molecule has 38 heavy (non-hydrogen) atoms. The highest BCUT2D eigenvalue weighted by atomic mass is 16.5. The molecule has 2 saturated heterocycles. The number of fused-ring (bicyclic) bond motifs is 3. The quantitative estimate of drug-likeness (QED) is 0.373. The van der Waals surface area contributed by atoms with Crippen LogP contribution in [0.5, 0.6) is 11.5 Å². The lowest BCUT2D eigenvalue weighted by atomic mass is 9.91. The predicted octanol–water partition coefficient (Wildman–Crippen LogP) is 5.04. The lowest BCUT2D eigenvalue weighted by Crippen LogP contribution is -2.43. The molecule has 198 valence electrons. The minimum absolute atomic E-state index is 0.299. The van der Waals surface area contributed by atoms with Crippen molar-refractivity contribution in [3.8, 4) is 11.5 Å². The largest absolute Gasteiger partial charge is 0.497 e. The summed E-state index contributed by atoms with van der Waals surface area (Å²) >= 11 is 0. The second kappa shape index (κ2) is 10.9. The van der Waals surface area contributed by atoms with Gasteiger partial charge in [-0.05, 0) is 68.0 Å². The van der Waals surface area contributed by atoms with E-state index in [1.54, 1.807) is 7.11 Å². The van der Waals surface area contributed by atoms with Crippen molar-refractivity contribution in [2.75, 3.05) is 44.8 Å². The van der Waals surface area contributed by atoms with Gasteiger partial charge in [-0.2, -0.15) is 0 Å². The number of pyridine rings is 2. The van der Waals surface area contributed by atoms with Crippen LogP contribution in [0, 0.1) is 11.8 Å². The van der Waals surface area contributed by atoms with Crippen molar-refractivity contribution in [1.29, 1.82) is 0 Å².